The maximum Gasteiger partial charge on any atom is 0.242 e. The van der Waals surface area contributed by atoms with E-state index in [-0.39, 0.29) is 20.9 Å². The fraction of sp³-hybridized carbons (Fsp3) is 0.500. The fourth-order valence-corrected chi connectivity index (χ4v) is 4.67. The first-order chi connectivity index (χ1) is 9.70. The van der Waals surface area contributed by atoms with Gasteiger partial charge in [0.1, 0.15) is 4.90 Å². The zero-order valence-electron chi connectivity index (χ0n) is 11.5. The summed E-state index contributed by atoms with van der Waals surface area (Å²) in [5.74, 6) is 0. The van der Waals surface area contributed by atoms with E-state index in [0.29, 0.717) is 6.54 Å². The predicted molar refractivity (Wildman–Crippen MR) is 80.8 cm³/mol. The first-order valence-corrected chi connectivity index (χ1v) is 10.2. The molecule has 0 saturated carbocycles. The summed E-state index contributed by atoms with van der Waals surface area (Å²) < 4.78 is 50.4. The van der Waals surface area contributed by atoms with Crippen LogP contribution in [0.3, 0.4) is 0 Å². The maximum absolute atomic E-state index is 12.4. The summed E-state index contributed by atoms with van der Waals surface area (Å²) in [6.45, 7) is 1.41. The van der Waals surface area contributed by atoms with Crippen LogP contribution in [0.25, 0.3) is 0 Å². The van der Waals surface area contributed by atoms with Crippen molar-refractivity contribution in [3.8, 4) is 0 Å². The number of hydrogen-bond donors (Lipinski definition) is 2. The van der Waals surface area contributed by atoms with Gasteiger partial charge in [-0.15, -0.1) is 0 Å². The summed E-state index contributed by atoms with van der Waals surface area (Å²) in [5, 5.41) is 3.10. The van der Waals surface area contributed by atoms with Crippen LogP contribution in [0.4, 0.5) is 0 Å². The molecule has 0 aliphatic carbocycles. The van der Waals surface area contributed by atoms with Gasteiger partial charge in [0, 0.05) is 18.8 Å². The van der Waals surface area contributed by atoms with Crippen molar-refractivity contribution < 1.29 is 16.8 Å². The van der Waals surface area contributed by atoms with Crippen LogP contribution in [0.5, 0.6) is 0 Å². The summed E-state index contributed by atoms with van der Waals surface area (Å²) in [4.78, 5) is -0.285. The SMILES string of the molecule is CS(=O)(=O)c1ccc(Cl)c(S(=O)(=O)NC2CCCNC2)c1. The molecule has 1 aromatic carbocycles. The van der Waals surface area contributed by atoms with Gasteiger partial charge >= 0.3 is 0 Å². The van der Waals surface area contributed by atoms with Crippen molar-refractivity contribution >= 4 is 31.5 Å². The van der Waals surface area contributed by atoms with E-state index in [1.54, 1.807) is 0 Å². The largest absolute Gasteiger partial charge is 0.315 e. The van der Waals surface area contributed by atoms with Crippen molar-refractivity contribution in [3.63, 3.8) is 0 Å². The van der Waals surface area contributed by atoms with Crippen molar-refractivity contribution in [2.24, 2.45) is 0 Å². The van der Waals surface area contributed by atoms with Gasteiger partial charge in [-0.25, -0.2) is 21.6 Å². The molecule has 1 atom stereocenters. The van der Waals surface area contributed by atoms with E-state index in [1.807, 2.05) is 0 Å². The number of nitrogens with one attached hydrogen (secondary N) is 2. The van der Waals surface area contributed by atoms with E-state index in [4.69, 9.17) is 11.6 Å². The second-order valence-electron chi connectivity index (χ2n) is 5.03. The Morgan fingerprint density at radius 3 is 2.57 bits per heavy atom. The molecule has 6 nitrogen and oxygen atoms in total. The van der Waals surface area contributed by atoms with Crippen molar-refractivity contribution in [3.05, 3.63) is 23.2 Å². The highest BCUT2D eigenvalue weighted by molar-refractivity contribution is 7.91. The number of hydrogen-bond acceptors (Lipinski definition) is 5. The minimum atomic E-state index is -3.86. The first-order valence-electron chi connectivity index (χ1n) is 6.43. The number of piperidine rings is 1. The number of sulfonamides is 1. The molecule has 2 rings (SSSR count). The minimum absolute atomic E-state index is 0.00123. The third-order valence-electron chi connectivity index (χ3n) is 3.24. The lowest BCUT2D eigenvalue weighted by Gasteiger charge is -2.23. The smallest absolute Gasteiger partial charge is 0.242 e. The Morgan fingerprint density at radius 2 is 2.00 bits per heavy atom. The van der Waals surface area contributed by atoms with Crippen LogP contribution >= 0.6 is 11.6 Å². The standard InChI is InChI=1S/C12H17ClN2O4S2/c1-20(16,17)10-4-5-11(13)12(7-10)21(18,19)15-9-3-2-6-14-8-9/h4-5,7,9,14-15H,2-3,6,8H2,1H3. The molecule has 0 spiro atoms. The minimum Gasteiger partial charge on any atom is -0.315 e. The Bertz CT molecular complexity index is 726. The number of rotatable bonds is 4. The van der Waals surface area contributed by atoms with Gasteiger partial charge in [0.2, 0.25) is 10.0 Å². The van der Waals surface area contributed by atoms with Crippen LogP contribution in [0.2, 0.25) is 5.02 Å². The maximum atomic E-state index is 12.4. The Balaban J connectivity index is 2.34. The van der Waals surface area contributed by atoms with Gasteiger partial charge in [-0.05, 0) is 37.6 Å². The van der Waals surface area contributed by atoms with Gasteiger partial charge < -0.3 is 5.32 Å². The summed E-state index contributed by atoms with van der Waals surface area (Å²) in [6.07, 6.45) is 2.63. The van der Waals surface area contributed by atoms with E-state index >= 15 is 0 Å². The highest BCUT2D eigenvalue weighted by Gasteiger charge is 2.25. The Morgan fingerprint density at radius 1 is 1.29 bits per heavy atom. The van der Waals surface area contributed by atoms with E-state index in [9.17, 15) is 16.8 Å². The van der Waals surface area contributed by atoms with Gasteiger partial charge in [-0.1, -0.05) is 11.6 Å². The fourth-order valence-electron chi connectivity index (χ4n) is 2.16. The van der Waals surface area contributed by atoms with Gasteiger partial charge in [0.25, 0.3) is 0 Å². The van der Waals surface area contributed by atoms with Crippen LogP contribution in [0, 0.1) is 0 Å². The molecule has 0 bridgehead atoms. The van der Waals surface area contributed by atoms with E-state index in [1.165, 1.54) is 12.1 Å². The summed E-state index contributed by atoms with van der Waals surface area (Å²) >= 11 is 5.92. The molecule has 1 aliphatic rings. The number of benzene rings is 1. The van der Waals surface area contributed by atoms with Crippen LogP contribution in [0.1, 0.15) is 12.8 Å². The molecule has 21 heavy (non-hydrogen) atoms. The number of halogens is 1. The summed E-state index contributed by atoms with van der Waals surface area (Å²) in [6, 6.07) is 3.45. The molecule has 1 fully saturated rings. The topological polar surface area (TPSA) is 92.3 Å². The molecule has 1 aromatic rings. The normalized spacial score (nSPS) is 20.4. The van der Waals surface area contributed by atoms with Gasteiger partial charge in [0.05, 0.1) is 9.92 Å². The second-order valence-corrected chi connectivity index (χ2v) is 9.13. The molecule has 118 valence electrons. The lowest BCUT2D eigenvalue weighted by molar-refractivity contribution is 0.428. The average molecular weight is 353 g/mol. The van der Waals surface area contributed by atoms with Crippen molar-refractivity contribution in [1.82, 2.24) is 10.0 Å². The molecule has 0 radical (unpaired) electrons. The van der Waals surface area contributed by atoms with Crippen LogP contribution in [0.15, 0.2) is 28.0 Å². The highest BCUT2D eigenvalue weighted by atomic mass is 35.5. The Labute approximate surface area is 129 Å². The van der Waals surface area contributed by atoms with Crippen molar-refractivity contribution in [2.75, 3.05) is 19.3 Å². The second kappa shape index (κ2) is 6.21. The van der Waals surface area contributed by atoms with Gasteiger partial charge in [-0.2, -0.15) is 0 Å². The third kappa shape index (κ3) is 4.17. The lowest BCUT2D eigenvalue weighted by atomic mass is 10.1. The molecule has 1 saturated heterocycles. The number of sulfone groups is 1. The molecule has 2 N–H and O–H groups in total. The van der Waals surface area contributed by atoms with Gasteiger partial charge in [-0.3, -0.25) is 0 Å². The average Bonchev–Trinajstić information content (AvgIpc) is 2.38. The van der Waals surface area contributed by atoms with Crippen molar-refractivity contribution in [1.29, 1.82) is 0 Å². The molecular weight excluding hydrogens is 336 g/mol. The van der Waals surface area contributed by atoms with Crippen molar-refractivity contribution in [2.45, 2.75) is 28.7 Å². The molecule has 9 heteroatoms. The molecule has 1 unspecified atom stereocenters. The highest BCUT2D eigenvalue weighted by Crippen LogP contribution is 2.25. The zero-order valence-corrected chi connectivity index (χ0v) is 13.9. The molecule has 0 aromatic heterocycles. The quantitative estimate of drug-likeness (QED) is 0.835. The van der Waals surface area contributed by atoms with Crippen LogP contribution < -0.4 is 10.0 Å². The summed E-state index contributed by atoms with van der Waals surface area (Å²) in [7, 11) is -7.36. The van der Waals surface area contributed by atoms with E-state index in [0.717, 1.165) is 31.7 Å². The van der Waals surface area contributed by atoms with E-state index < -0.39 is 19.9 Å². The third-order valence-corrected chi connectivity index (χ3v) is 6.35. The predicted octanol–water partition coefficient (Wildman–Crippen LogP) is 0.774. The zero-order chi connectivity index (χ0) is 15.7. The molecular formula is C12H17ClN2O4S2. The summed E-state index contributed by atoms with van der Waals surface area (Å²) in [5.41, 5.74) is 0. The molecule has 0 amide bonds. The van der Waals surface area contributed by atoms with Crippen LogP contribution in [-0.4, -0.2) is 42.2 Å². The molecule has 1 heterocycles. The monoisotopic (exact) mass is 352 g/mol. The Kier molecular flexibility index (Phi) is 4.94. The van der Waals surface area contributed by atoms with Crippen LogP contribution in [-0.2, 0) is 19.9 Å². The first kappa shape index (κ1) is 16.7. The van der Waals surface area contributed by atoms with E-state index in [2.05, 4.69) is 10.0 Å². The Hall–Kier alpha value is -0.670. The van der Waals surface area contributed by atoms with Gasteiger partial charge in [0.15, 0.2) is 9.84 Å². The molecule has 1 aliphatic heterocycles. The lowest BCUT2D eigenvalue weighted by Crippen LogP contribution is -2.45.